The number of halogens is 1. The third kappa shape index (κ3) is 8.46. The second kappa shape index (κ2) is 13.6. The number of amides is 3. The van der Waals surface area contributed by atoms with Gasteiger partial charge in [-0.05, 0) is 70.7 Å². The summed E-state index contributed by atoms with van der Waals surface area (Å²) in [5.74, 6) is -1.04. The lowest BCUT2D eigenvalue weighted by molar-refractivity contribution is -0.141. The fourth-order valence-corrected chi connectivity index (χ4v) is 4.29. The first-order valence-electron chi connectivity index (χ1n) is 12.8. The Hall–Kier alpha value is -3.10. The van der Waals surface area contributed by atoms with Gasteiger partial charge in [0.2, 0.25) is 5.91 Å². The van der Waals surface area contributed by atoms with E-state index in [1.54, 1.807) is 32.9 Å². The third-order valence-corrected chi connectivity index (χ3v) is 6.28. The normalized spacial score (nSPS) is 12.9. The molecule has 38 heavy (non-hydrogen) atoms. The lowest BCUT2D eigenvalue weighted by Gasteiger charge is -2.35. The lowest BCUT2D eigenvalue weighted by Crippen LogP contribution is -2.54. The van der Waals surface area contributed by atoms with Crippen LogP contribution in [-0.2, 0) is 14.3 Å². The van der Waals surface area contributed by atoms with Crippen molar-refractivity contribution in [2.45, 2.75) is 79.0 Å². The number of rotatable bonds is 10. The molecule has 0 fully saturated rings. The van der Waals surface area contributed by atoms with Crippen molar-refractivity contribution in [1.29, 1.82) is 0 Å². The van der Waals surface area contributed by atoms with E-state index < -0.39 is 42.2 Å². The number of aliphatic hydroxyl groups excluding tert-OH is 1. The largest absolute Gasteiger partial charge is 0.444 e. The lowest BCUT2D eigenvalue weighted by atomic mass is 9.95. The molecule has 0 aromatic heterocycles. The molecule has 2 aromatic rings. The zero-order valence-corrected chi connectivity index (χ0v) is 24.1. The highest BCUT2D eigenvalue weighted by molar-refractivity contribution is 6.34. The smallest absolute Gasteiger partial charge is 0.408 e. The molecule has 0 spiro atoms. The number of hydrogen-bond acceptors (Lipinski definition) is 5. The third-order valence-electron chi connectivity index (χ3n) is 5.97. The Morgan fingerprint density at radius 2 is 1.76 bits per heavy atom. The molecule has 0 aliphatic heterocycles. The Kier molecular flexibility index (Phi) is 11.2. The number of anilines is 1. The molecule has 0 bridgehead atoms. The van der Waals surface area contributed by atoms with Crippen LogP contribution in [0.5, 0.6) is 0 Å². The fourth-order valence-electron chi connectivity index (χ4n) is 4.02. The fraction of sp³-hybridized carbons (Fsp3) is 0.483. The number of nitrogens with zero attached hydrogens (tertiary/aromatic N) is 1. The zero-order chi connectivity index (χ0) is 28.6. The molecule has 208 valence electrons. The molecule has 3 N–H and O–H groups in total. The van der Waals surface area contributed by atoms with Crippen molar-refractivity contribution in [1.82, 2.24) is 10.2 Å². The van der Waals surface area contributed by atoms with E-state index >= 15 is 0 Å². The average Bonchev–Trinajstić information content (AvgIpc) is 2.82. The Morgan fingerprint density at radius 1 is 1.08 bits per heavy atom. The first-order chi connectivity index (χ1) is 17.8. The van der Waals surface area contributed by atoms with E-state index in [0.717, 1.165) is 23.1 Å². The van der Waals surface area contributed by atoms with Gasteiger partial charge in [-0.1, -0.05) is 60.8 Å². The molecular formula is C29H40ClN3O5. The molecule has 0 saturated carbocycles. The van der Waals surface area contributed by atoms with Gasteiger partial charge in [0.15, 0.2) is 0 Å². The van der Waals surface area contributed by atoms with Crippen LogP contribution in [0.2, 0.25) is 5.02 Å². The van der Waals surface area contributed by atoms with Gasteiger partial charge < -0.3 is 25.4 Å². The first-order valence-corrected chi connectivity index (χ1v) is 13.2. The van der Waals surface area contributed by atoms with Crippen LogP contribution >= 0.6 is 11.6 Å². The molecule has 0 aliphatic carbocycles. The molecule has 0 aliphatic rings. The van der Waals surface area contributed by atoms with E-state index in [0.29, 0.717) is 22.7 Å². The molecule has 2 aromatic carbocycles. The Labute approximate surface area is 230 Å². The second-order valence-electron chi connectivity index (χ2n) is 10.5. The van der Waals surface area contributed by atoms with Gasteiger partial charge in [0, 0.05) is 6.54 Å². The maximum atomic E-state index is 14.0. The molecule has 0 saturated heterocycles. The van der Waals surface area contributed by atoms with E-state index in [1.807, 2.05) is 52.0 Å². The van der Waals surface area contributed by atoms with E-state index in [2.05, 4.69) is 10.6 Å². The molecule has 2 rings (SSSR count). The maximum Gasteiger partial charge on any atom is 0.408 e. The van der Waals surface area contributed by atoms with Crippen LogP contribution in [0.1, 0.15) is 68.8 Å². The monoisotopic (exact) mass is 545 g/mol. The number of nitrogens with one attached hydrogen (secondary N) is 2. The van der Waals surface area contributed by atoms with Crippen LogP contribution in [0.15, 0.2) is 36.4 Å². The van der Waals surface area contributed by atoms with E-state index in [4.69, 9.17) is 16.3 Å². The van der Waals surface area contributed by atoms with Gasteiger partial charge in [0.25, 0.3) is 5.91 Å². The average molecular weight is 546 g/mol. The number of para-hydroxylation sites is 1. The van der Waals surface area contributed by atoms with Gasteiger partial charge in [0.05, 0.1) is 17.3 Å². The van der Waals surface area contributed by atoms with Crippen molar-refractivity contribution in [3.05, 3.63) is 63.7 Å². The van der Waals surface area contributed by atoms with Gasteiger partial charge >= 0.3 is 6.09 Å². The van der Waals surface area contributed by atoms with Crippen molar-refractivity contribution >= 4 is 35.2 Å². The van der Waals surface area contributed by atoms with Crippen molar-refractivity contribution in [3.8, 4) is 0 Å². The van der Waals surface area contributed by atoms with Crippen molar-refractivity contribution < 1.29 is 24.2 Å². The molecule has 2 unspecified atom stereocenters. The Balaban J connectivity index is 2.57. The first kappa shape index (κ1) is 31.1. The predicted molar refractivity (Wildman–Crippen MR) is 150 cm³/mol. The zero-order valence-electron chi connectivity index (χ0n) is 23.4. The van der Waals surface area contributed by atoms with Crippen molar-refractivity contribution in [2.75, 3.05) is 18.5 Å². The minimum atomic E-state index is -1.30. The highest BCUT2D eigenvalue weighted by atomic mass is 35.5. The minimum absolute atomic E-state index is 0.231. The minimum Gasteiger partial charge on any atom is -0.444 e. The molecule has 9 heteroatoms. The highest BCUT2D eigenvalue weighted by Gasteiger charge is 2.37. The number of aliphatic hydroxyl groups is 1. The summed E-state index contributed by atoms with van der Waals surface area (Å²) < 4.78 is 5.29. The van der Waals surface area contributed by atoms with Crippen LogP contribution in [0.3, 0.4) is 0 Å². The van der Waals surface area contributed by atoms with E-state index in [1.165, 1.54) is 4.90 Å². The number of carbonyl (C=O) groups excluding carboxylic acids is 3. The predicted octanol–water partition coefficient (Wildman–Crippen LogP) is 5.46. The molecule has 3 amide bonds. The van der Waals surface area contributed by atoms with E-state index in [9.17, 15) is 19.5 Å². The summed E-state index contributed by atoms with van der Waals surface area (Å²) in [6.07, 6.45) is 0.535. The van der Waals surface area contributed by atoms with Crippen molar-refractivity contribution in [2.24, 2.45) is 0 Å². The number of benzene rings is 2. The molecule has 0 heterocycles. The van der Waals surface area contributed by atoms with Gasteiger partial charge in [-0.2, -0.15) is 0 Å². The molecular weight excluding hydrogens is 506 g/mol. The molecule has 0 radical (unpaired) electrons. The Morgan fingerprint density at radius 3 is 2.34 bits per heavy atom. The van der Waals surface area contributed by atoms with E-state index in [-0.39, 0.29) is 6.54 Å². The topological polar surface area (TPSA) is 108 Å². The molecule has 2 atom stereocenters. The maximum absolute atomic E-state index is 14.0. The van der Waals surface area contributed by atoms with Crippen LogP contribution in [0.25, 0.3) is 0 Å². The summed E-state index contributed by atoms with van der Waals surface area (Å²) in [5, 5.41) is 15.8. The summed E-state index contributed by atoms with van der Waals surface area (Å²) in [4.78, 5) is 41.7. The van der Waals surface area contributed by atoms with Crippen LogP contribution in [0, 0.1) is 20.8 Å². The van der Waals surface area contributed by atoms with Gasteiger partial charge in [-0.3, -0.25) is 9.59 Å². The SMILES string of the molecule is CCCCN(C(=O)C(CO)NC(=O)OC(C)(C)C)C(C(=O)Nc1c(C)cccc1Cl)c1cc(C)ccc1C. The Bertz CT molecular complexity index is 1130. The number of unbranched alkanes of at least 4 members (excludes halogenated alkanes) is 1. The quantitative estimate of drug-likeness (QED) is 0.367. The second-order valence-corrected chi connectivity index (χ2v) is 10.9. The van der Waals surface area contributed by atoms with Gasteiger partial charge in [-0.15, -0.1) is 0 Å². The van der Waals surface area contributed by atoms with Crippen LogP contribution in [-0.4, -0.2) is 52.7 Å². The van der Waals surface area contributed by atoms with Crippen molar-refractivity contribution in [3.63, 3.8) is 0 Å². The highest BCUT2D eigenvalue weighted by Crippen LogP contribution is 2.31. The van der Waals surface area contributed by atoms with Gasteiger partial charge in [0.1, 0.15) is 17.7 Å². The molecule has 8 nitrogen and oxygen atoms in total. The van der Waals surface area contributed by atoms with Crippen LogP contribution in [0.4, 0.5) is 10.5 Å². The number of aryl methyl sites for hydroxylation is 3. The number of carbonyl (C=O) groups is 3. The number of alkyl carbamates (subject to hydrolysis) is 1. The summed E-state index contributed by atoms with van der Waals surface area (Å²) in [6, 6.07) is 8.68. The summed E-state index contributed by atoms with van der Waals surface area (Å²) in [5.41, 5.74) is 2.83. The number of ether oxygens (including phenoxy) is 1. The summed E-state index contributed by atoms with van der Waals surface area (Å²) in [7, 11) is 0. The number of hydrogen-bond donors (Lipinski definition) is 3. The van der Waals surface area contributed by atoms with Gasteiger partial charge in [-0.25, -0.2) is 4.79 Å². The van der Waals surface area contributed by atoms with Crippen LogP contribution < -0.4 is 10.6 Å². The standard InChI is InChI=1S/C29H40ClN3O5/c1-8-9-15-33(27(36)23(17-34)31-28(37)38-29(5,6)7)25(21-16-18(2)13-14-19(21)3)26(35)32-24-20(4)11-10-12-22(24)30/h10-14,16,23,25,34H,8-9,15,17H2,1-7H3,(H,31,37)(H,32,35). The summed E-state index contributed by atoms with van der Waals surface area (Å²) >= 11 is 6.40. The summed E-state index contributed by atoms with van der Waals surface area (Å²) in [6.45, 7) is 12.3.